The van der Waals surface area contributed by atoms with Crippen LogP contribution in [0.5, 0.6) is 11.5 Å². The minimum absolute atomic E-state index is 0.0613. The van der Waals surface area contributed by atoms with Crippen LogP contribution in [-0.4, -0.2) is 27.4 Å². The van der Waals surface area contributed by atoms with Crippen molar-refractivity contribution in [2.75, 3.05) is 4.90 Å². The molecule has 1 aliphatic heterocycles. The Morgan fingerprint density at radius 1 is 1.00 bits per heavy atom. The second-order valence-corrected chi connectivity index (χ2v) is 7.95. The summed E-state index contributed by atoms with van der Waals surface area (Å²) < 4.78 is 13.1. The third-order valence-corrected chi connectivity index (χ3v) is 5.80. The molecule has 3 aromatic rings. The van der Waals surface area contributed by atoms with E-state index in [0.29, 0.717) is 36.1 Å². The second kappa shape index (κ2) is 9.28. The highest BCUT2D eigenvalue weighted by atomic mass is 19.1. The van der Waals surface area contributed by atoms with Gasteiger partial charge in [0.2, 0.25) is 0 Å². The molecular formula is C25H25FN2O4. The zero-order valence-electron chi connectivity index (χ0n) is 17.4. The number of nitrogens with one attached hydrogen (secondary N) is 1. The average Bonchev–Trinajstić information content (AvgIpc) is 3.10. The van der Waals surface area contributed by atoms with E-state index >= 15 is 0 Å². The lowest BCUT2D eigenvalue weighted by atomic mass is 9.93. The van der Waals surface area contributed by atoms with Crippen molar-refractivity contribution in [2.24, 2.45) is 0 Å². The molecule has 4 N–H and O–H groups in total. The zero-order chi connectivity index (χ0) is 22.7. The van der Waals surface area contributed by atoms with Gasteiger partial charge in [0.05, 0.1) is 18.2 Å². The Balaban J connectivity index is 1.54. The normalized spacial score (nSPS) is 19.1. The fraction of sp³-hybridized carbons (Fsp3) is 0.240. The number of para-hydroxylation sites is 1. The SMILES string of the molecule is O=C1NC(CCCC(O)c2ccc(F)cc2)C(c2ccc(O)cc2O)N1c1ccccc1. The van der Waals surface area contributed by atoms with Crippen LogP contribution in [0.1, 0.15) is 42.5 Å². The van der Waals surface area contributed by atoms with Crippen LogP contribution in [0.4, 0.5) is 14.9 Å². The van der Waals surface area contributed by atoms with E-state index < -0.39 is 12.1 Å². The molecule has 3 atom stereocenters. The van der Waals surface area contributed by atoms with Gasteiger partial charge in [0.15, 0.2) is 0 Å². The van der Waals surface area contributed by atoms with E-state index in [1.165, 1.54) is 24.3 Å². The first-order valence-corrected chi connectivity index (χ1v) is 10.5. The summed E-state index contributed by atoms with van der Waals surface area (Å²) in [5.41, 5.74) is 1.85. The minimum Gasteiger partial charge on any atom is -0.508 e. The number of nitrogens with zero attached hydrogens (tertiary/aromatic N) is 1. The van der Waals surface area contributed by atoms with Crippen molar-refractivity contribution >= 4 is 11.7 Å². The molecule has 3 aromatic carbocycles. The standard InChI is InChI=1S/C25H25FN2O4/c26-17-11-9-16(10-12-17)22(30)8-4-7-21-24(20-14-13-19(29)15-23(20)31)28(25(32)27-21)18-5-2-1-3-6-18/h1-3,5-6,9-15,21-22,24,29-31H,4,7-8H2,(H,27,32). The molecule has 0 aromatic heterocycles. The number of amides is 2. The third-order valence-electron chi connectivity index (χ3n) is 5.80. The molecule has 1 heterocycles. The summed E-state index contributed by atoms with van der Waals surface area (Å²) in [6.07, 6.45) is 0.857. The number of carbonyl (C=O) groups excluding carboxylic acids is 1. The predicted octanol–water partition coefficient (Wildman–Crippen LogP) is 4.78. The number of phenols is 2. The Morgan fingerprint density at radius 3 is 2.41 bits per heavy atom. The van der Waals surface area contributed by atoms with Gasteiger partial charge in [-0.25, -0.2) is 9.18 Å². The molecule has 7 heteroatoms. The number of urea groups is 1. The van der Waals surface area contributed by atoms with Crippen molar-refractivity contribution in [1.82, 2.24) is 5.32 Å². The highest BCUT2D eigenvalue weighted by Crippen LogP contribution is 2.40. The van der Waals surface area contributed by atoms with E-state index in [0.717, 1.165) is 0 Å². The Bertz CT molecular complexity index is 1080. The maximum atomic E-state index is 13.1. The van der Waals surface area contributed by atoms with E-state index in [1.807, 2.05) is 30.3 Å². The van der Waals surface area contributed by atoms with Crippen LogP contribution in [0.15, 0.2) is 72.8 Å². The predicted molar refractivity (Wildman–Crippen MR) is 119 cm³/mol. The van der Waals surface area contributed by atoms with Gasteiger partial charge < -0.3 is 20.6 Å². The molecule has 0 bridgehead atoms. The highest BCUT2D eigenvalue weighted by Gasteiger charge is 2.42. The smallest absolute Gasteiger partial charge is 0.322 e. The fourth-order valence-electron chi connectivity index (χ4n) is 4.23. The number of phenolic OH excluding ortho intramolecular Hbond substituents is 2. The van der Waals surface area contributed by atoms with Gasteiger partial charge in [-0.3, -0.25) is 4.90 Å². The number of aliphatic hydroxyl groups excluding tert-OH is 1. The summed E-state index contributed by atoms with van der Waals surface area (Å²) in [4.78, 5) is 14.5. The van der Waals surface area contributed by atoms with Gasteiger partial charge in [-0.1, -0.05) is 30.3 Å². The van der Waals surface area contributed by atoms with Crippen LogP contribution < -0.4 is 10.2 Å². The summed E-state index contributed by atoms with van der Waals surface area (Å²) >= 11 is 0. The maximum Gasteiger partial charge on any atom is 0.322 e. The summed E-state index contributed by atoms with van der Waals surface area (Å²) in [6.45, 7) is 0. The largest absolute Gasteiger partial charge is 0.508 e. The molecule has 0 radical (unpaired) electrons. The van der Waals surface area contributed by atoms with Gasteiger partial charge in [-0.15, -0.1) is 0 Å². The lowest BCUT2D eigenvalue weighted by Crippen LogP contribution is -2.29. The molecule has 0 spiro atoms. The van der Waals surface area contributed by atoms with Gasteiger partial charge in [-0.05, 0) is 61.2 Å². The number of benzene rings is 3. The van der Waals surface area contributed by atoms with Crippen LogP contribution >= 0.6 is 0 Å². The quantitative estimate of drug-likeness (QED) is 0.429. The van der Waals surface area contributed by atoms with Gasteiger partial charge in [0.25, 0.3) is 0 Å². The topological polar surface area (TPSA) is 93.0 Å². The Kier molecular flexibility index (Phi) is 6.28. The number of anilines is 1. The van der Waals surface area contributed by atoms with Crippen LogP contribution in [0.25, 0.3) is 0 Å². The van der Waals surface area contributed by atoms with Crippen molar-refractivity contribution in [3.8, 4) is 11.5 Å². The van der Waals surface area contributed by atoms with Crippen molar-refractivity contribution < 1.29 is 24.5 Å². The first kappa shape index (κ1) is 21.6. The van der Waals surface area contributed by atoms with E-state index in [4.69, 9.17) is 0 Å². The zero-order valence-corrected chi connectivity index (χ0v) is 17.4. The van der Waals surface area contributed by atoms with Gasteiger partial charge in [0, 0.05) is 17.3 Å². The molecule has 0 aliphatic carbocycles. The maximum absolute atomic E-state index is 13.1. The second-order valence-electron chi connectivity index (χ2n) is 7.95. The van der Waals surface area contributed by atoms with Crippen molar-refractivity contribution in [3.05, 3.63) is 89.7 Å². The fourth-order valence-corrected chi connectivity index (χ4v) is 4.23. The Hall–Kier alpha value is -3.58. The lowest BCUT2D eigenvalue weighted by molar-refractivity contribution is 0.162. The molecule has 1 fully saturated rings. The third kappa shape index (κ3) is 4.53. The summed E-state index contributed by atoms with van der Waals surface area (Å²) in [5.74, 6) is -0.510. The first-order chi connectivity index (χ1) is 15.4. The van der Waals surface area contributed by atoms with Crippen LogP contribution in [-0.2, 0) is 0 Å². The number of rotatable bonds is 7. The first-order valence-electron chi connectivity index (χ1n) is 10.5. The number of aliphatic hydroxyl groups is 1. The molecule has 1 aliphatic rings. The van der Waals surface area contributed by atoms with Crippen LogP contribution in [0, 0.1) is 5.82 Å². The average molecular weight is 436 g/mol. The van der Waals surface area contributed by atoms with Crippen molar-refractivity contribution in [1.29, 1.82) is 0 Å². The molecule has 3 unspecified atom stereocenters. The molecule has 32 heavy (non-hydrogen) atoms. The highest BCUT2D eigenvalue weighted by molar-refractivity contribution is 5.96. The van der Waals surface area contributed by atoms with E-state index in [1.54, 1.807) is 23.1 Å². The van der Waals surface area contributed by atoms with E-state index in [9.17, 15) is 24.5 Å². The Labute approximate surface area is 185 Å². The Morgan fingerprint density at radius 2 is 1.72 bits per heavy atom. The minimum atomic E-state index is -0.738. The molecule has 2 amide bonds. The molecule has 4 rings (SSSR count). The molecule has 6 nitrogen and oxygen atoms in total. The number of carbonyl (C=O) groups is 1. The van der Waals surface area contributed by atoms with Crippen molar-refractivity contribution in [3.63, 3.8) is 0 Å². The molecular weight excluding hydrogens is 411 g/mol. The van der Waals surface area contributed by atoms with Crippen LogP contribution in [0.3, 0.4) is 0 Å². The van der Waals surface area contributed by atoms with E-state index in [2.05, 4.69) is 5.32 Å². The summed E-state index contributed by atoms with van der Waals surface area (Å²) in [7, 11) is 0. The van der Waals surface area contributed by atoms with Crippen LogP contribution in [0.2, 0.25) is 0 Å². The van der Waals surface area contributed by atoms with Gasteiger partial charge in [-0.2, -0.15) is 0 Å². The number of hydrogen-bond donors (Lipinski definition) is 4. The molecule has 1 saturated heterocycles. The molecule has 166 valence electrons. The van der Waals surface area contributed by atoms with E-state index in [-0.39, 0.29) is 29.4 Å². The number of aromatic hydroxyl groups is 2. The number of hydrogen-bond acceptors (Lipinski definition) is 4. The van der Waals surface area contributed by atoms with Gasteiger partial charge >= 0.3 is 6.03 Å². The number of halogens is 1. The molecule has 0 saturated carbocycles. The monoisotopic (exact) mass is 436 g/mol. The summed E-state index contributed by atoms with van der Waals surface area (Å²) in [6, 6.07) is 18.2. The summed E-state index contributed by atoms with van der Waals surface area (Å²) in [5, 5.41) is 33.6. The van der Waals surface area contributed by atoms with Crippen molar-refractivity contribution in [2.45, 2.75) is 37.5 Å². The lowest BCUT2D eigenvalue weighted by Gasteiger charge is -2.28. The van der Waals surface area contributed by atoms with Gasteiger partial charge in [0.1, 0.15) is 17.3 Å².